The molecule has 368 valence electrons. The molecule has 0 bridgehead atoms. The number of nitrogens with zero attached hydrogens (tertiary/aromatic N) is 2. The number of hydrogen-bond donors (Lipinski definition) is 0. The van der Waals surface area contributed by atoms with Crippen molar-refractivity contribution in [1.29, 1.82) is 0 Å². The van der Waals surface area contributed by atoms with Gasteiger partial charge in [0.1, 0.15) is 38.4 Å². The number of unbranched alkanes of at least 4 members (excludes halogenated alkanes) is 30. The molecule has 2 aliphatic rings. The van der Waals surface area contributed by atoms with Gasteiger partial charge in [-0.15, -0.1) is 0 Å². The Labute approximate surface area is 382 Å². The molecule has 0 aliphatic carbocycles. The van der Waals surface area contributed by atoms with Gasteiger partial charge in [0.05, 0.1) is 39.4 Å². The Balaban J connectivity index is 0.00000106. The van der Waals surface area contributed by atoms with Gasteiger partial charge >= 0.3 is 0 Å². The highest BCUT2D eigenvalue weighted by Gasteiger charge is 2.34. The second kappa shape index (κ2) is 42.4. The molecule has 0 spiro atoms. The SMILES string of the molecule is CCCCCCCCCCCCCCCCCC[N+]1(CC)CCOC(CC)C1.CCCCCCCCCCCCCCCCCC[N+]1(CC)CCOC(CC)C1.O=S(=O)([O-])[O-]. The van der Waals surface area contributed by atoms with Gasteiger partial charge in [0.15, 0.2) is 0 Å². The summed E-state index contributed by atoms with van der Waals surface area (Å²) in [5.41, 5.74) is 0. The third-order valence-corrected chi connectivity index (χ3v) is 14.2. The molecule has 0 aromatic rings. The first-order chi connectivity index (χ1) is 29.5. The van der Waals surface area contributed by atoms with Gasteiger partial charge in [0.2, 0.25) is 0 Å². The van der Waals surface area contributed by atoms with Gasteiger partial charge in [-0.1, -0.05) is 207 Å². The molecule has 0 radical (unpaired) electrons. The summed E-state index contributed by atoms with van der Waals surface area (Å²) < 4.78 is 48.5. The van der Waals surface area contributed by atoms with E-state index in [4.69, 9.17) is 27.0 Å². The minimum absolute atomic E-state index is 0.509. The number of hydrogen-bond acceptors (Lipinski definition) is 6. The van der Waals surface area contributed by atoms with Crippen LogP contribution in [0.3, 0.4) is 0 Å². The van der Waals surface area contributed by atoms with Gasteiger partial charge in [-0.05, 0) is 52.4 Å². The molecule has 4 unspecified atom stereocenters. The first-order valence-corrected chi connectivity index (χ1v) is 28.5. The first-order valence-electron chi connectivity index (χ1n) is 27.1. The van der Waals surface area contributed by atoms with Crippen LogP contribution in [0.2, 0.25) is 0 Å². The Morgan fingerprint density at radius 2 is 0.607 bits per heavy atom. The molecule has 2 rings (SSSR count). The van der Waals surface area contributed by atoms with E-state index >= 15 is 0 Å². The van der Waals surface area contributed by atoms with Crippen molar-refractivity contribution in [2.75, 3.05) is 65.6 Å². The smallest absolute Gasteiger partial charge is 0.106 e. The average Bonchev–Trinajstić information content (AvgIpc) is 3.25. The topological polar surface area (TPSA) is 98.7 Å². The summed E-state index contributed by atoms with van der Waals surface area (Å²) >= 11 is 0. The Bertz CT molecular complexity index is 946. The van der Waals surface area contributed by atoms with E-state index < -0.39 is 10.4 Å². The standard InChI is InChI=1S/2C26H54NO.H2O4S/c2*1-4-7-8-9-10-11-12-13-14-15-16-17-18-19-20-21-22-27(6-3)23-24-28-26(5-2)25-27;1-5(2,3)4/h2*26H,4-25H2,1-3H3;(H2,1,2,3,4)/q2*+1;/p-2. The predicted molar refractivity (Wildman–Crippen MR) is 260 cm³/mol. The molecule has 0 amide bonds. The lowest BCUT2D eigenvalue weighted by atomic mass is 10.0. The van der Waals surface area contributed by atoms with E-state index in [9.17, 15) is 0 Å². The zero-order valence-electron chi connectivity index (χ0n) is 42.0. The number of rotatable bonds is 38. The van der Waals surface area contributed by atoms with Crippen LogP contribution >= 0.6 is 0 Å². The Hall–Kier alpha value is -0.290. The zero-order chi connectivity index (χ0) is 45.2. The third kappa shape index (κ3) is 38.7. The van der Waals surface area contributed by atoms with Crippen LogP contribution in [0.4, 0.5) is 0 Å². The van der Waals surface area contributed by atoms with Crippen LogP contribution in [0.15, 0.2) is 0 Å². The lowest BCUT2D eigenvalue weighted by Gasteiger charge is -2.43. The maximum absolute atomic E-state index is 8.52. The molecule has 4 atom stereocenters. The highest BCUT2D eigenvalue weighted by Crippen LogP contribution is 2.22. The fraction of sp³-hybridized carbons (Fsp3) is 1.00. The maximum Gasteiger partial charge on any atom is 0.106 e. The van der Waals surface area contributed by atoms with Gasteiger partial charge in [-0.2, -0.15) is 0 Å². The van der Waals surface area contributed by atoms with Crippen LogP contribution in [0.5, 0.6) is 0 Å². The van der Waals surface area contributed by atoms with Crippen LogP contribution < -0.4 is 0 Å². The molecule has 2 heterocycles. The van der Waals surface area contributed by atoms with Crippen LogP contribution in [0, 0.1) is 0 Å². The third-order valence-electron chi connectivity index (χ3n) is 14.2. The molecule has 2 aliphatic heterocycles. The molecule has 0 saturated carbocycles. The Kier molecular flexibility index (Phi) is 42.2. The fourth-order valence-electron chi connectivity index (χ4n) is 9.76. The van der Waals surface area contributed by atoms with Crippen molar-refractivity contribution in [1.82, 2.24) is 0 Å². The van der Waals surface area contributed by atoms with Gasteiger partial charge < -0.3 is 27.5 Å². The van der Waals surface area contributed by atoms with Crippen molar-refractivity contribution in [3.8, 4) is 0 Å². The van der Waals surface area contributed by atoms with E-state index in [0.717, 1.165) is 13.2 Å². The van der Waals surface area contributed by atoms with E-state index in [2.05, 4.69) is 41.5 Å². The number of ether oxygens (including phenoxy) is 2. The fourth-order valence-corrected chi connectivity index (χ4v) is 9.76. The Morgan fingerprint density at radius 1 is 0.393 bits per heavy atom. The summed E-state index contributed by atoms with van der Waals surface area (Å²) in [5.74, 6) is 0. The zero-order valence-corrected chi connectivity index (χ0v) is 42.8. The largest absolute Gasteiger partial charge is 0.759 e. The molecule has 0 aromatic heterocycles. The van der Waals surface area contributed by atoms with Gasteiger partial charge in [0, 0.05) is 10.4 Å². The van der Waals surface area contributed by atoms with Crippen LogP contribution in [0.1, 0.15) is 260 Å². The lowest BCUT2D eigenvalue weighted by molar-refractivity contribution is -0.937. The molecule has 9 heteroatoms. The molecule has 0 aromatic carbocycles. The molecular formula is C52H108N2O6S. The molecule has 2 saturated heterocycles. The first kappa shape index (κ1) is 60.7. The highest BCUT2D eigenvalue weighted by atomic mass is 32.3. The molecule has 8 nitrogen and oxygen atoms in total. The maximum atomic E-state index is 8.52. The van der Waals surface area contributed by atoms with Crippen molar-refractivity contribution in [3.05, 3.63) is 0 Å². The van der Waals surface area contributed by atoms with E-state index in [1.807, 2.05) is 0 Å². The van der Waals surface area contributed by atoms with Crippen LogP contribution in [-0.2, 0) is 19.9 Å². The van der Waals surface area contributed by atoms with Crippen molar-refractivity contribution in [3.63, 3.8) is 0 Å². The van der Waals surface area contributed by atoms with E-state index in [1.54, 1.807) is 0 Å². The van der Waals surface area contributed by atoms with Crippen molar-refractivity contribution >= 4 is 10.4 Å². The summed E-state index contributed by atoms with van der Waals surface area (Å²) in [6.45, 7) is 26.2. The van der Waals surface area contributed by atoms with E-state index in [-0.39, 0.29) is 0 Å². The summed E-state index contributed by atoms with van der Waals surface area (Å²) in [5, 5.41) is 0. The molecule has 61 heavy (non-hydrogen) atoms. The highest BCUT2D eigenvalue weighted by molar-refractivity contribution is 7.79. The minimum Gasteiger partial charge on any atom is -0.759 e. The summed E-state index contributed by atoms with van der Waals surface area (Å²) in [6.07, 6.45) is 50.0. The lowest BCUT2D eigenvalue weighted by Crippen LogP contribution is -2.58. The van der Waals surface area contributed by atoms with Gasteiger partial charge in [-0.3, -0.25) is 8.42 Å². The molecule has 0 N–H and O–H groups in total. The molecular weight excluding hydrogens is 781 g/mol. The van der Waals surface area contributed by atoms with Crippen LogP contribution in [0.25, 0.3) is 0 Å². The summed E-state index contributed by atoms with van der Waals surface area (Å²) in [6, 6.07) is 0. The number of morpholine rings is 2. The van der Waals surface area contributed by atoms with E-state index in [1.165, 1.54) is 280 Å². The van der Waals surface area contributed by atoms with Gasteiger partial charge in [0.25, 0.3) is 0 Å². The average molecular weight is 890 g/mol. The van der Waals surface area contributed by atoms with Crippen molar-refractivity contribution in [2.45, 2.75) is 272 Å². The Morgan fingerprint density at radius 3 is 0.803 bits per heavy atom. The summed E-state index contributed by atoms with van der Waals surface area (Å²) in [7, 11) is -5.17. The van der Waals surface area contributed by atoms with Crippen LogP contribution in [-0.4, -0.2) is 104 Å². The van der Waals surface area contributed by atoms with Crippen molar-refractivity contribution < 1.29 is 36.0 Å². The summed E-state index contributed by atoms with van der Waals surface area (Å²) in [4.78, 5) is 0. The number of quaternary nitrogens is 2. The predicted octanol–water partition coefficient (Wildman–Crippen LogP) is 14.4. The second-order valence-electron chi connectivity index (χ2n) is 19.4. The molecule has 2 fully saturated rings. The van der Waals surface area contributed by atoms with Gasteiger partial charge in [-0.25, -0.2) is 0 Å². The quantitative estimate of drug-likeness (QED) is 0.0265. The monoisotopic (exact) mass is 889 g/mol. The minimum atomic E-state index is -5.17. The van der Waals surface area contributed by atoms with Crippen molar-refractivity contribution in [2.24, 2.45) is 0 Å². The number of likely N-dealkylation sites (N-methyl/N-ethyl adjacent to an activating group) is 2. The van der Waals surface area contributed by atoms with E-state index in [0.29, 0.717) is 12.2 Å². The second-order valence-corrected chi connectivity index (χ2v) is 20.2. The normalized spacial score (nSPS) is 21.7.